The first-order chi connectivity index (χ1) is 13.3. The third-order valence-corrected chi connectivity index (χ3v) is 4.17. The molecule has 0 aliphatic carbocycles. The summed E-state index contributed by atoms with van der Waals surface area (Å²) in [5, 5.41) is 3.83. The minimum Gasteiger partial charge on any atom is -0.496 e. The van der Waals surface area contributed by atoms with Gasteiger partial charge in [0.25, 0.3) is 5.91 Å². The first-order valence-electron chi connectivity index (χ1n) is 8.73. The summed E-state index contributed by atoms with van der Waals surface area (Å²) in [4.78, 5) is 14.2. The molecule has 150 valence electrons. The minimum atomic E-state index is -4.51. The summed E-state index contributed by atoms with van der Waals surface area (Å²) < 4.78 is 43.6. The number of amides is 1. The van der Waals surface area contributed by atoms with Crippen LogP contribution in [0.25, 0.3) is 0 Å². The van der Waals surface area contributed by atoms with Gasteiger partial charge in [0.1, 0.15) is 5.75 Å². The molecule has 0 aliphatic rings. The van der Waals surface area contributed by atoms with E-state index in [1.165, 1.54) is 25.5 Å². The van der Waals surface area contributed by atoms with Gasteiger partial charge < -0.3 is 9.64 Å². The molecule has 0 bridgehead atoms. The van der Waals surface area contributed by atoms with Crippen molar-refractivity contribution in [3.8, 4) is 5.75 Å². The molecule has 0 atom stereocenters. The number of methoxy groups -OCH3 is 1. The highest BCUT2D eigenvalue weighted by Crippen LogP contribution is 2.29. The van der Waals surface area contributed by atoms with Crippen LogP contribution in [0.1, 0.15) is 35.3 Å². The molecule has 0 saturated heterocycles. The van der Waals surface area contributed by atoms with Crippen molar-refractivity contribution in [2.24, 2.45) is 5.10 Å². The fraction of sp³-hybridized carbons (Fsp3) is 0.300. The number of hydrazone groups is 1. The predicted octanol–water partition coefficient (Wildman–Crippen LogP) is 4.32. The Bertz CT molecular complexity index is 847. The van der Waals surface area contributed by atoms with Crippen LogP contribution in [-0.4, -0.2) is 32.3 Å². The zero-order chi connectivity index (χ0) is 20.7. The normalized spacial score (nSPS) is 11.5. The fourth-order valence-electron chi connectivity index (χ4n) is 2.65. The van der Waals surface area contributed by atoms with Gasteiger partial charge in [-0.1, -0.05) is 6.07 Å². The van der Waals surface area contributed by atoms with E-state index in [1.54, 1.807) is 6.07 Å². The quantitative estimate of drug-likeness (QED) is 0.563. The van der Waals surface area contributed by atoms with Crippen molar-refractivity contribution >= 4 is 17.8 Å². The van der Waals surface area contributed by atoms with E-state index in [0.29, 0.717) is 11.3 Å². The Morgan fingerprint density at radius 3 is 2.50 bits per heavy atom. The highest BCUT2D eigenvalue weighted by Gasteiger charge is 2.30. The van der Waals surface area contributed by atoms with Crippen LogP contribution < -0.4 is 15.1 Å². The van der Waals surface area contributed by atoms with Gasteiger partial charge in [0.05, 0.1) is 18.9 Å². The standard InChI is InChI=1S/C20H22F3N3O2/c1-4-26(5-2)17-10-9-15(18(12-17)28-3)13-24-25-19(27)14-7-6-8-16(11-14)20(21,22)23/h6-13H,4-5H2,1-3H3,(H,25,27)/b24-13+. The van der Waals surface area contributed by atoms with E-state index in [0.717, 1.165) is 30.9 Å². The van der Waals surface area contributed by atoms with Crippen LogP contribution in [0, 0.1) is 0 Å². The van der Waals surface area contributed by atoms with Gasteiger partial charge in [0.2, 0.25) is 0 Å². The summed E-state index contributed by atoms with van der Waals surface area (Å²) in [6.07, 6.45) is -3.13. The molecule has 0 saturated carbocycles. The third kappa shape index (κ3) is 5.25. The number of anilines is 1. The van der Waals surface area contributed by atoms with E-state index in [2.05, 4.69) is 29.3 Å². The Morgan fingerprint density at radius 1 is 1.18 bits per heavy atom. The molecule has 0 fully saturated rings. The van der Waals surface area contributed by atoms with Crippen LogP contribution in [0.5, 0.6) is 5.75 Å². The van der Waals surface area contributed by atoms with Crippen molar-refractivity contribution in [3.05, 3.63) is 59.2 Å². The van der Waals surface area contributed by atoms with E-state index in [-0.39, 0.29) is 5.56 Å². The maximum Gasteiger partial charge on any atom is 0.416 e. The van der Waals surface area contributed by atoms with Crippen LogP contribution in [0.4, 0.5) is 18.9 Å². The van der Waals surface area contributed by atoms with Gasteiger partial charge in [-0.15, -0.1) is 0 Å². The number of alkyl halides is 3. The second kappa shape index (κ2) is 9.25. The zero-order valence-electron chi connectivity index (χ0n) is 15.9. The van der Waals surface area contributed by atoms with Crippen LogP contribution in [-0.2, 0) is 6.18 Å². The molecule has 1 N–H and O–H groups in total. The lowest BCUT2D eigenvalue weighted by molar-refractivity contribution is -0.137. The summed E-state index contributed by atoms with van der Waals surface area (Å²) in [6.45, 7) is 5.80. The monoisotopic (exact) mass is 393 g/mol. The smallest absolute Gasteiger partial charge is 0.416 e. The van der Waals surface area contributed by atoms with Crippen molar-refractivity contribution in [1.82, 2.24) is 5.43 Å². The summed E-state index contributed by atoms with van der Waals surface area (Å²) in [6, 6.07) is 9.73. The van der Waals surface area contributed by atoms with Crippen LogP contribution in [0.15, 0.2) is 47.6 Å². The number of carbonyl (C=O) groups excluding carboxylic acids is 1. The van der Waals surface area contributed by atoms with Crippen molar-refractivity contribution in [2.75, 3.05) is 25.1 Å². The molecule has 2 rings (SSSR count). The second-order valence-corrected chi connectivity index (χ2v) is 5.88. The SMILES string of the molecule is CCN(CC)c1ccc(/C=N/NC(=O)c2cccc(C(F)(F)F)c2)c(OC)c1. The molecule has 0 aromatic heterocycles. The van der Waals surface area contributed by atoms with Crippen molar-refractivity contribution < 1.29 is 22.7 Å². The van der Waals surface area contributed by atoms with Gasteiger partial charge in [0, 0.05) is 36.0 Å². The maximum absolute atomic E-state index is 12.8. The Hall–Kier alpha value is -3.03. The average Bonchev–Trinajstić information content (AvgIpc) is 2.69. The second-order valence-electron chi connectivity index (χ2n) is 5.88. The van der Waals surface area contributed by atoms with Gasteiger partial charge in [-0.25, -0.2) is 5.43 Å². The molecule has 0 aliphatic heterocycles. The average molecular weight is 393 g/mol. The van der Waals surface area contributed by atoms with Gasteiger partial charge in [-0.2, -0.15) is 18.3 Å². The molecule has 8 heteroatoms. The van der Waals surface area contributed by atoms with E-state index in [9.17, 15) is 18.0 Å². The van der Waals surface area contributed by atoms with E-state index < -0.39 is 17.6 Å². The fourth-order valence-corrected chi connectivity index (χ4v) is 2.65. The van der Waals surface area contributed by atoms with Crippen molar-refractivity contribution in [1.29, 1.82) is 0 Å². The lowest BCUT2D eigenvalue weighted by Gasteiger charge is -2.21. The number of hydrogen-bond acceptors (Lipinski definition) is 4. The van der Waals surface area contributed by atoms with E-state index >= 15 is 0 Å². The molecule has 2 aromatic carbocycles. The maximum atomic E-state index is 12.8. The van der Waals surface area contributed by atoms with Gasteiger partial charge in [0.15, 0.2) is 0 Å². The molecule has 0 heterocycles. The first-order valence-corrected chi connectivity index (χ1v) is 8.73. The van der Waals surface area contributed by atoms with Crippen molar-refractivity contribution in [2.45, 2.75) is 20.0 Å². The number of rotatable bonds is 7. The van der Waals surface area contributed by atoms with Crippen molar-refractivity contribution in [3.63, 3.8) is 0 Å². The molecular weight excluding hydrogens is 371 g/mol. The number of nitrogens with zero attached hydrogens (tertiary/aromatic N) is 2. The molecular formula is C20H22F3N3O2. The van der Waals surface area contributed by atoms with Crippen LogP contribution in [0.2, 0.25) is 0 Å². The van der Waals surface area contributed by atoms with Gasteiger partial charge in [-0.05, 0) is 44.2 Å². The molecule has 0 unspecified atom stereocenters. The molecule has 5 nitrogen and oxygen atoms in total. The summed E-state index contributed by atoms with van der Waals surface area (Å²) in [7, 11) is 1.53. The molecule has 0 radical (unpaired) electrons. The Morgan fingerprint density at radius 2 is 1.89 bits per heavy atom. The van der Waals surface area contributed by atoms with E-state index in [1.807, 2.05) is 12.1 Å². The highest BCUT2D eigenvalue weighted by molar-refractivity contribution is 5.95. The number of halogens is 3. The Kier molecular flexibility index (Phi) is 7.03. The Balaban J connectivity index is 2.13. The number of hydrogen-bond donors (Lipinski definition) is 1. The van der Waals surface area contributed by atoms with Crippen LogP contribution in [0.3, 0.4) is 0 Å². The number of ether oxygens (including phenoxy) is 1. The largest absolute Gasteiger partial charge is 0.496 e. The summed E-state index contributed by atoms with van der Waals surface area (Å²) in [5.41, 5.74) is 2.83. The van der Waals surface area contributed by atoms with Crippen LogP contribution >= 0.6 is 0 Å². The number of nitrogens with one attached hydrogen (secondary N) is 1. The number of carbonyl (C=O) groups is 1. The van der Waals surface area contributed by atoms with E-state index in [4.69, 9.17) is 4.74 Å². The van der Waals surface area contributed by atoms with Gasteiger partial charge >= 0.3 is 6.18 Å². The molecule has 1 amide bonds. The zero-order valence-corrected chi connectivity index (χ0v) is 15.9. The lowest BCUT2D eigenvalue weighted by Crippen LogP contribution is -2.21. The van der Waals surface area contributed by atoms with Gasteiger partial charge in [-0.3, -0.25) is 4.79 Å². The summed E-state index contributed by atoms with van der Waals surface area (Å²) >= 11 is 0. The summed E-state index contributed by atoms with van der Waals surface area (Å²) in [5.74, 6) is -0.164. The predicted molar refractivity (Wildman–Crippen MR) is 103 cm³/mol. The molecule has 28 heavy (non-hydrogen) atoms. The lowest BCUT2D eigenvalue weighted by atomic mass is 10.1. The Labute approximate surface area is 161 Å². The minimum absolute atomic E-state index is 0.129. The third-order valence-electron chi connectivity index (χ3n) is 4.17. The highest BCUT2D eigenvalue weighted by atomic mass is 19.4. The molecule has 2 aromatic rings. The number of benzene rings is 2. The topological polar surface area (TPSA) is 53.9 Å². The molecule has 0 spiro atoms. The first kappa shape index (κ1) is 21.3.